The Morgan fingerprint density at radius 1 is 0.848 bits per heavy atom. The van der Waals surface area contributed by atoms with Crippen LogP contribution in [0.15, 0.2) is 101 Å². The summed E-state index contributed by atoms with van der Waals surface area (Å²) in [7, 11) is -3.88. The topological polar surface area (TPSA) is 69.0 Å². The molecule has 0 aliphatic carbocycles. The molecule has 0 radical (unpaired) electrons. The largest absolute Gasteiger partial charge is 0.294 e. The van der Waals surface area contributed by atoms with Gasteiger partial charge in [-0.25, -0.2) is 13.4 Å². The van der Waals surface area contributed by atoms with Crippen molar-refractivity contribution in [2.24, 2.45) is 0 Å². The van der Waals surface area contributed by atoms with Crippen LogP contribution in [0.1, 0.15) is 16.1 Å². The summed E-state index contributed by atoms with van der Waals surface area (Å²) >= 11 is 1.53. The Kier molecular flexibility index (Phi) is 4.43. The molecule has 3 heterocycles. The summed E-state index contributed by atoms with van der Waals surface area (Å²) in [5, 5.41) is 0.876. The molecule has 1 aliphatic heterocycles. The van der Waals surface area contributed by atoms with E-state index in [1.54, 1.807) is 18.2 Å². The molecule has 0 bridgehead atoms. The van der Waals surface area contributed by atoms with Crippen molar-refractivity contribution in [1.29, 1.82) is 0 Å². The van der Waals surface area contributed by atoms with Crippen LogP contribution in [0.25, 0.3) is 32.7 Å². The number of sulfone groups is 1. The number of hydrogen-bond acceptors (Lipinski definition) is 5. The van der Waals surface area contributed by atoms with Crippen LogP contribution in [0, 0.1) is 0 Å². The van der Waals surface area contributed by atoms with Gasteiger partial charge < -0.3 is 0 Å². The van der Waals surface area contributed by atoms with E-state index >= 15 is 0 Å². The van der Waals surface area contributed by atoms with Gasteiger partial charge >= 0.3 is 0 Å². The molecule has 0 unspecified atom stereocenters. The lowest BCUT2D eigenvalue weighted by atomic mass is 10.1. The molecular formula is C26H16N2O3S2. The van der Waals surface area contributed by atoms with E-state index in [9.17, 15) is 13.2 Å². The smallest absolute Gasteiger partial charge is 0.211 e. The maximum Gasteiger partial charge on any atom is 0.211 e. The van der Waals surface area contributed by atoms with Crippen LogP contribution in [0.4, 0.5) is 0 Å². The van der Waals surface area contributed by atoms with Crippen molar-refractivity contribution in [3.8, 4) is 16.3 Å². The second-order valence-electron chi connectivity index (χ2n) is 7.65. The third kappa shape index (κ3) is 3.08. The Morgan fingerprint density at radius 2 is 1.52 bits per heavy atom. The van der Waals surface area contributed by atoms with Crippen molar-refractivity contribution < 1.29 is 13.2 Å². The van der Waals surface area contributed by atoms with Gasteiger partial charge in [-0.3, -0.25) is 9.36 Å². The standard InChI is InChI=1S/C26H16N2O3S2/c29-24-20-13-7-8-14-22(20)33(30,31)23(24)16-19-15-21-25(28(19)18-11-5-2-6-12-18)27-26(32-21)17-9-3-1-4-10-17/h1-16H/b23-16+. The molecule has 0 N–H and O–H groups in total. The normalized spacial score (nSPS) is 15.9. The summed E-state index contributed by atoms with van der Waals surface area (Å²) in [6, 6.07) is 27.8. The lowest BCUT2D eigenvalue weighted by Gasteiger charge is -2.08. The van der Waals surface area contributed by atoms with Crippen LogP contribution in [0.2, 0.25) is 0 Å². The number of Topliss-reactive ketones (excluding diaryl/α,β-unsaturated/α-hetero) is 1. The molecule has 1 aliphatic rings. The highest BCUT2D eigenvalue weighted by Gasteiger charge is 2.39. The summed E-state index contributed by atoms with van der Waals surface area (Å²) in [4.78, 5) is 17.7. The number of hydrogen-bond donors (Lipinski definition) is 0. The first-order chi connectivity index (χ1) is 16.0. The number of carbonyl (C=O) groups excluding carboxylic acids is 1. The van der Waals surface area contributed by atoms with Crippen LogP contribution in [0.3, 0.4) is 0 Å². The highest BCUT2D eigenvalue weighted by Crippen LogP contribution is 2.38. The Labute approximate surface area is 194 Å². The third-order valence-electron chi connectivity index (χ3n) is 5.63. The zero-order chi connectivity index (χ0) is 22.6. The SMILES string of the molecule is O=C1/C(=C\c2cc3sc(-c4ccccc4)nc3n2-c2ccccc2)S(=O)(=O)c2ccccc21. The summed E-state index contributed by atoms with van der Waals surface area (Å²) in [5.74, 6) is -0.479. The van der Waals surface area contributed by atoms with Crippen molar-refractivity contribution in [2.75, 3.05) is 0 Å². The van der Waals surface area contributed by atoms with Crippen LogP contribution in [-0.2, 0) is 9.84 Å². The molecule has 0 spiro atoms. The average Bonchev–Trinajstić information content (AvgIpc) is 3.45. The Bertz CT molecular complexity index is 1680. The molecule has 5 nitrogen and oxygen atoms in total. The highest BCUT2D eigenvalue weighted by atomic mass is 32.2. The van der Waals surface area contributed by atoms with Gasteiger partial charge in [-0.2, -0.15) is 0 Å². The van der Waals surface area contributed by atoms with Crippen molar-refractivity contribution in [1.82, 2.24) is 9.55 Å². The van der Waals surface area contributed by atoms with E-state index in [4.69, 9.17) is 4.98 Å². The Balaban J connectivity index is 1.58. The number of nitrogens with zero attached hydrogens (tertiary/aromatic N) is 2. The quantitative estimate of drug-likeness (QED) is 0.316. The highest BCUT2D eigenvalue weighted by molar-refractivity contribution is 7.97. The first-order valence-electron chi connectivity index (χ1n) is 10.3. The van der Waals surface area contributed by atoms with Gasteiger partial charge in [0.15, 0.2) is 5.65 Å². The number of ketones is 1. The average molecular weight is 469 g/mol. The molecule has 7 heteroatoms. The number of rotatable bonds is 3. The second-order valence-corrected chi connectivity index (χ2v) is 10.6. The van der Waals surface area contributed by atoms with Gasteiger partial charge in [-0.05, 0) is 36.4 Å². The number of benzene rings is 3. The Hall–Kier alpha value is -3.81. The van der Waals surface area contributed by atoms with E-state index in [0.717, 1.165) is 26.6 Å². The van der Waals surface area contributed by atoms with Gasteiger partial charge in [0, 0.05) is 16.8 Å². The number of aromatic nitrogens is 2. The lowest BCUT2D eigenvalue weighted by molar-refractivity contribution is 0.104. The first kappa shape index (κ1) is 19.8. The molecule has 5 aromatic rings. The molecule has 0 saturated carbocycles. The van der Waals surface area contributed by atoms with Crippen molar-refractivity contribution in [3.63, 3.8) is 0 Å². The number of para-hydroxylation sites is 1. The summed E-state index contributed by atoms with van der Waals surface area (Å²) < 4.78 is 29.1. The van der Waals surface area contributed by atoms with Gasteiger partial charge in [0.25, 0.3) is 0 Å². The van der Waals surface area contributed by atoms with Crippen molar-refractivity contribution >= 4 is 43.4 Å². The predicted molar refractivity (Wildman–Crippen MR) is 130 cm³/mol. The van der Waals surface area contributed by atoms with E-state index in [0.29, 0.717) is 5.69 Å². The summed E-state index contributed by atoms with van der Waals surface area (Å²) in [5.41, 5.74) is 3.38. The molecular weight excluding hydrogens is 452 g/mol. The van der Waals surface area contributed by atoms with Crippen LogP contribution < -0.4 is 0 Å². The van der Waals surface area contributed by atoms with Gasteiger partial charge in [0.2, 0.25) is 15.6 Å². The fourth-order valence-corrected chi connectivity index (χ4v) is 6.67. The van der Waals surface area contributed by atoms with E-state index < -0.39 is 15.6 Å². The van der Waals surface area contributed by atoms with Crippen molar-refractivity contribution in [3.05, 3.63) is 107 Å². The van der Waals surface area contributed by atoms with Crippen molar-refractivity contribution in [2.45, 2.75) is 4.90 Å². The van der Waals surface area contributed by atoms with E-state index in [-0.39, 0.29) is 15.4 Å². The van der Waals surface area contributed by atoms with Crippen LogP contribution in [0.5, 0.6) is 0 Å². The van der Waals surface area contributed by atoms with Gasteiger partial charge in [0.05, 0.1) is 15.3 Å². The molecule has 160 valence electrons. The maximum absolute atomic E-state index is 13.1. The number of carbonyl (C=O) groups is 1. The van der Waals surface area contributed by atoms with Crippen LogP contribution >= 0.6 is 11.3 Å². The van der Waals surface area contributed by atoms with Gasteiger partial charge in [0.1, 0.15) is 9.91 Å². The maximum atomic E-state index is 13.1. The minimum Gasteiger partial charge on any atom is -0.294 e. The minimum atomic E-state index is -3.88. The fourth-order valence-electron chi connectivity index (χ4n) is 4.10. The monoisotopic (exact) mass is 468 g/mol. The predicted octanol–water partition coefficient (Wildman–Crippen LogP) is 5.77. The summed E-state index contributed by atoms with van der Waals surface area (Å²) in [6.07, 6.45) is 1.47. The van der Waals surface area contributed by atoms with Gasteiger partial charge in [-0.1, -0.05) is 60.7 Å². The minimum absolute atomic E-state index is 0.0605. The lowest BCUT2D eigenvalue weighted by Crippen LogP contribution is -2.04. The molecule has 6 rings (SSSR count). The number of fused-ring (bicyclic) bond motifs is 2. The third-order valence-corrected chi connectivity index (χ3v) is 8.49. The molecule has 0 saturated heterocycles. The number of allylic oxidation sites excluding steroid dienone is 1. The molecule has 3 aromatic carbocycles. The van der Waals surface area contributed by atoms with E-state index in [1.807, 2.05) is 71.3 Å². The molecule has 2 aromatic heterocycles. The van der Waals surface area contributed by atoms with Gasteiger partial charge in [-0.15, -0.1) is 11.3 Å². The molecule has 0 fully saturated rings. The second kappa shape index (κ2) is 7.37. The van der Waals surface area contributed by atoms with E-state index in [1.165, 1.54) is 23.5 Å². The summed E-state index contributed by atoms with van der Waals surface area (Å²) in [6.45, 7) is 0. The molecule has 0 atom stereocenters. The number of thiazole rings is 1. The van der Waals surface area contributed by atoms with E-state index in [2.05, 4.69) is 0 Å². The Morgan fingerprint density at radius 3 is 2.24 bits per heavy atom. The zero-order valence-corrected chi connectivity index (χ0v) is 18.8. The zero-order valence-electron chi connectivity index (χ0n) is 17.2. The fraction of sp³-hybridized carbons (Fsp3) is 0. The molecule has 33 heavy (non-hydrogen) atoms. The van der Waals surface area contributed by atoms with Crippen LogP contribution in [-0.4, -0.2) is 23.8 Å². The molecule has 0 amide bonds. The first-order valence-corrected chi connectivity index (χ1v) is 12.6.